The summed E-state index contributed by atoms with van der Waals surface area (Å²) in [5.41, 5.74) is 3.06. The van der Waals surface area contributed by atoms with Gasteiger partial charge in [0.25, 0.3) is 5.56 Å². The summed E-state index contributed by atoms with van der Waals surface area (Å²) in [6, 6.07) is 5.67. The summed E-state index contributed by atoms with van der Waals surface area (Å²) in [5.74, 6) is 1.46. The number of hydrogen-bond donors (Lipinski definition) is 1. The average Bonchev–Trinajstić information content (AvgIpc) is 2.44. The number of hydrogen-bond acceptors (Lipinski definition) is 4. The monoisotopic (exact) mass is 258 g/mol. The SMILES string of the molecule is Cc1c(-c2ccc3c(c2)OCCO3)n[nH]c(=O)c1C. The zero-order chi connectivity index (χ0) is 13.4. The van der Waals surface area contributed by atoms with Crippen LogP contribution >= 0.6 is 0 Å². The Morgan fingerprint density at radius 2 is 1.84 bits per heavy atom. The van der Waals surface area contributed by atoms with E-state index in [1.54, 1.807) is 6.92 Å². The Bertz CT molecular complexity index is 692. The minimum atomic E-state index is -0.154. The molecule has 5 heteroatoms. The second-order valence-corrected chi connectivity index (χ2v) is 4.51. The van der Waals surface area contributed by atoms with Gasteiger partial charge in [-0.1, -0.05) is 0 Å². The minimum Gasteiger partial charge on any atom is -0.486 e. The van der Waals surface area contributed by atoms with Crippen molar-refractivity contribution in [2.75, 3.05) is 13.2 Å². The van der Waals surface area contributed by atoms with E-state index in [0.717, 1.165) is 22.6 Å². The fraction of sp³-hybridized carbons (Fsp3) is 0.286. The first-order valence-corrected chi connectivity index (χ1v) is 6.12. The van der Waals surface area contributed by atoms with Crippen LogP contribution in [0, 0.1) is 13.8 Å². The second-order valence-electron chi connectivity index (χ2n) is 4.51. The van der Waals surface area contributed by atoms with Gasteiger partial charge in [-0.15, -0.1) is 0 Å². The number of aromatic nitrogens is 2. The molecule has 1 aromatic heterocycles. The third-order valence-corrected chi connectivity index (χ3v) is 3.34. The molecule has 0 fully saturated rings. The highest BCUT2D eigenvalue weighted by atomic mass is 16.6. The van der Waals surface area contributed by atoms with Gasteiger partial charge in [0.05, 0.1) is 5.69 Å². The lowest BCUT2D eigenvalue weighted by Gasteiger charge is -2.19. The van der Waals surface area contributed by atoms with Gasteiger partial charge in [0.15, 0.2) is 11.5 Å². The van der Waals surface area contributed by atoms with Crippen molar-refractivity contribution in [1.82, 2.24) is 10.2 Å². The number of nitrogens with one attached hydrogen (secondary N) is 1. The molecular weight excluding hydrogens is 244 g/mol. The molecule has 0 amide bonds. The minimum absolute atomic E-state index is 0.154. The number of H-pyrrole nitrogens is 1. The lowest BCUT2D eigenvalue weighted by Crippen LogP contribution is -2.16. The van der Waals surface area contributed by atoms with Gasteiger partial charge in [0.2, 0.25) is 0 Å². The van der Waals surface area contributed by atoms with E-state index in [1.165, 1.54) is 0 Å². The van der Waals surface area contributed by atoms with E-state index in [-0.39, 0.29) is 5.56 Å². The molecule has 19 heavy (non-hydrogen) atoms. The van der Waals surface area contributed by atoms with Crippen molar-refractivity contribution >= 4 is 0 Å². The first kappa shape index (κ1) is 11.8. The molecule has 1 aliphatic rings. The largest absolute Gasteiger partial charge is 0.486 e. The summed E-state index contributed by atoms with van der Waals surface area (Å²) in [4.78, 5) is 11.5. The van der Waals surface area contributed by atoms with Crippen LogP contribution in [-0.4, -0.2) is 23.4 Å². The highest BCUT2D eigenvalue weighted by Crippen LogP contribution is 2.34. The number of ether oxygens (including phenoxy) is 2. The van der Waals surface area contributed by atoms with Gasteiger partial charge in [-0.25, -0.2) is 5.10 Å². The lowest BCUT2D eigenvalue weighted by molar-refractivity contribution is 0.171. The fourth-order valence-electron chi connectivity index (χ4n) is 2.09. The molecule has 2 heterocycles. The molecule has 3 rings (SSSR count). The van der Waals surface area contributed by atoms with Crippen molar-refractivity contribution < 1.29 is 9.47 Å². The fourth-order valence-corrected chi connectivity index (χ4v) is 2.09. The van der Waals surface area contributed by atoms with E-state index in [1.807, 2.05) is 25.1 Å². The predicted octanol–water partition coefficient (Wildman–Crippen LogP) is 1.82. The molecule has 1 aliphatic heterocycles. The van der Waals surface area contributed by atoms with Crippen LogP contribution in [0.25, 0.3) is 11.3 Å². The summed E-state index contributed by atoms with van der Waals surface area (Å²) >= 11 is 0. The van der Waals surface area contributed by atoms with Gasteiger partial charge in [-0.05, 0) is 37.6 Å². The van der Waals surface area contributed by atoms with E-state index >= 15 is 0 Å². The quantitative estimate of drug-likeness (QED) is 0.847. The van der Waals surface area contributed by atoms with Crippen LogP contribution < -0.4 is 15.0 Å². The second kappa shape index (κ2) is 4.42. The van der Waals surface area contributed by atoms with Crippen LogP contribution in [0.2, 0.25) is 0 Å². The van der Waals surface area contributed by atoms with E-state index < -0.39 is 0 Å². The number of rotatable bonds is 1. The standard InChI is InChI=1S/C14H14N2O3/c1-8-9(2)14(17)16-15-13(8)10-3-4-11-12(7-10)19-6-5-18-11/h3-4,7H,5-6H2,1-2H3,(H,16,17). The first-order valence-electron chi connectivity index (χ1n) is 6.12. The molecule has 0 radical (unpaired) electrons. The maximum Gasteiger partial charge on any atom is 0.267 e. The van der Waals surface area contributed by atoms with Crippen LogP contribution in [0.1, 0.15) is 11.1 Å². The third kappa shape index (κ3) is 1.97. The molecule has 1 N–H and O–H groups in total. The zero-order valence-electron chi connectivity index (χ0n) is 10.8. The van der Waals surface area contributed by atoms with Gasteiger partial charge in [-0.3, -0.25) is 4.79 Å². The van der Waals surface area contributed by atoms with Crippen molar-refractivity contribution in [3.8, 4) is 22.8 Å². The molecule has 98 valence electrons. The van der Waals surface area contributed by atoms with Crippen molar-refractivity contribution in [3.63, 3.8) is 0 Å². The summed E-state index contributed by atoms with van der Waals surface area (Å²) in [5, 5.41) is 6.63. The number of benzene rings is 1. The summed E-state index contributed by atoms with van der Waals surface area (Å²) in [6.07, 6.45) is 0. The summed E-state index contributed by atoms with van der Waals surface area (Å²) < 4.78 is 11.0. The molecule has 0 aliphatic carbocycles. The van der Waals surface area contributed by atoms with Gasteiger partial charge >= 0.3 is 0 Å². The number of aromatic amines is 1. The van der Waals surface area contributed by atoms with E-state index in [2.05, 4.69) is 10.2 Å². The molecule has 0 saturated heterocycles. The molecular formula is C14H14N2O3. The maximum atomic E-state index is 11.5. The van der Waals surface area contributed by atoms with Gasteiger partial charge in [-0.2, -0.15) is 5.10 Å². The first-order chi connectivity index (χ1) is 9.16. The van der Waals surface area contributed by atoms with Crippen LogP contribution in [0.4, 0.5) is 0 Å². The Morgan fingerprint density at radius 1 is 1.11 bits per heavy atom. The van der Waals surface area contributed by atoms with Gasteiger partial charge in [0.1, 0.15) is 13.2 Å². The molecule has 0 spiro atoms. The maximum absolute atomic E-state index is 11.5. The topological polar surface area (TPSA) is 64.2 Å². The van der Waals surface area contributed by atoms with Crippen molar-refractivity contribution in [3.05, 3.63) is 39.7 Å². The van der Waals surface area contributed by atoms with Crippen molar-refractivity contribution in [2.24, 2.45) is 0 Å². The molecule has 0 bridgehead atoms. The summed E-state index contributed by atoms with van der Waals surface area (Å²) in [7, 11) is 0. The molecule has 0 saturated carbocycles. The Balaban J connectivity index is 2.12. The predicted molar refractivity (Wildman–Crippen MR) is 70.8 cm³/mol. The molecule has 0 atom stereocenters. The Kier molecular flexibility index (Phi) is 2.74. The Morgan fingerprint density at radius 3 is 2.63 bits per heavy atom. The lowest BCUT2D eigenvalue weighted by atomic mass is 10.0. The van der Waals surface area contributed by atoms with Crippen LogP contribution in [-0.2, 0) is 0 Å². The van der Waals surface area contributed by atoms with Crippen molar-refractivity contribution in [2.45, 2.75) is 13.8 Å². The van der Waals surface area contributed by atoms with E-state index in [9.17, 15) is 4.79 Å². The summed E-state index contributed by atoms with van der Waals surface area (Å²) in [6.45, 7) is 4.80. The normalized spacial score (nSPS) is 13.4. The highest BCUT2D eigenvalue weighted by Gasteiger charge is 2.15. The van der Waals surface area contributed by atoms with Crippen LogP contribution in [0.15, 0.2) is 23.0 Å². The molecule has 5 nitrogen and oxygen atoms in total. The number of nitrogens with zero attached hydrogens (tertiary/aromatic N) is 1. The molecule has 2 aromatic rings. The molecule has 0 unspecified atom stereocenters. The number of fused-ring (bicyclic) bond motifs is 1. The van der Waals surface area contributed by atoms with E-state index in [0.29, 0.717) is 24.5 Å². The third-order valence-electron chi connectivity index (χ3n) is 3.34. The van der Waals surface area contributed by atoms with E-state index in [4.69, 9.17) is 9.47 Å². The Hall–Kier alpha value is -2.30. The van der Waals surface area contributed by atoms with Crippen LogP contribution in [0.3, 0.4) is 0 Å². The highest BCUT2D eigenvalue weighted by molar-refractivity contribution is 5.67. The molecule has 1 aromatic carbocycles. The van der Waals surface area contributed by atoms with Gasteiger partial charge in [0, 0.05) is 11.1 Å². The smallest absolute Gasteiger partial charge is 0.267 e. The van der Waals surface area contributed by atoms with Gasteiger partial charge < -0.3 is 9.47 Å². The Labute approximate surface area is 110 Å². The van der Waals surface area contributed by atoms with Crippen molar-refractivity contribution in [1.29, 1.82) is 0 Å². The van der Waals surface area contributed by atoms with Crippen LogP contribution in [0.5, 0.6) is 11.5 Å². The average molecular weight is 258 g/mol. The zero-order valence-corrected chi connectivity index (χ0v) is 10.8.